The summed E-state index contributed by atoms with van der Waals surface area (Å²) in [5.41, 5.74) is 7.85. The van der Waals surface area contributed by atoms with Crippen molar-refractivity contribution in [3.8, 4) is 11.5 Å². The van der Waals surface area contributed by atoms with E-state index < -0.39 is 5.91 Å². The molecule has 0 aliphatic heterocycles. The molecule has 0 bridgehead atoms. The molecule has 0 aliphatic carbocycles. The molecule has 1 amide bonds. The Hall–Kier alpha value is -3.68. The van der Waals surface area contributed by atoms with E-state index in [4.69, 9.17) is 38.4 Å². The number of halogens is 2. The first-order valence-electron chi connectivity index (χ1n) is 9.78. The average molecular weight is 484 g/mol. The normalized spacial score (nSPS) is 10.8. The topological polar surface area (TPSA) is 95.1 Å². The van der Waals surface area contributed by atoms with E-state index >= 15 is 0 Å². The third kappa shape index (κ3) is 3.97. The molecule has 3 N–H and O–H groups in total. The van der Waals surface area contributed by atoms with Gasteiger partial charge in [-0.1, -0.05) is 35.3 Å². The number of anilines is 2. The standard InChI is InChI=1S/C24H19Cl2N3O4/c1-32-17-10-9-13(12-18(17)33-2)23(30)22-21(27)19(16-8-3-4-11-29(16)22)24(31)28-15-7-5-6-14(25)20(15)26/h3-12H,27H2,1-2H3,(H,28,31). The van der Waals surface area contributed by atoms with Gasteiger partial charge in [0, 0.05) is 11.8 Å². The summed E-state index contributed by atoms with van der Waals surface area (Å²) in [5.74, 6) is -0.0157. The average Bonchev–Trinajstić information content (AvgIpc) is 3.12. The molecule has 0 saturated carbocycles. The van der Waals surface area contributed by atoms with Crippen molar-refractivity contribution in [1.82, 2.24) is 4.40 Å². The minimum Gasteiger partial charge on any atom is -0.493 e. The summed E-state index contributed by atoms with van der Waals surface area (Å²) in [6.45, 7) is 0. The lowest BCUT2D eigenvalue weighted by Gasteiger charge is -2.10. The number of carbonyl (C=O) groups is 2. The van der Waals surface area contributed by atoms with Crippen LogP contribution in [0.5, 0.6) is 11.5 Å². The van der Waals surface area contributed by atoms with Crippen LogP contribution in [0.15, 0.2) is 60.8 Å². The van der Waals surface area contributed by atoms with Gasteiger partial charge in [0.15, 0.2) is 11.5 Å². The van der Waals surface area contributed by atoms with Gasteiger partial charge in [-0.15, -0.1) is 0 Å². The summed E-state index contributed by atoms with van der Waals surface area (Å²) in [6, 6.07) is 14.9. The molecule has 0 fully saturated rings. The molecule has 4 rings (SSSR count). The van der Waals surface area contributed by atoms with Gasteiger partial charge in [0.1, 0.15) is 5.69 Å². The number of hydrogen-bond donors (Lipinski definition) is 2. The fraction of sp³-hybridized carbons (Fsp3) is 0.0833. The number of pyridine rings is 1. The number of aromatic nitrogens is 1. The smallest absolute Gasteiger partial charge is 0.260 e. The maximum atomic E-state index is 13.5. The van der Waals surface area contributed by atoms with E-state index in [-0.39, 0.29) is 27.8 Å². The summed E-state index contributed by atoms with van der Waals surface area (Å²) in [7, 11) is 2.99. The van der Waals surface area contributed by atoms with Gasteiger partial charge in [0.25, 0.3) is 5.91 Å². The number of carbonyl (C=O) groups excluding carboxylic acids is 2. The number of nitrogens with zero attached hydrogens (tertiary/aromatic N) is 1. The predicted molar refractivity (Wildman–Crippen MR) is 129 cm³/mol. The molecule has 0 saturated heterocycles. The number of nitrogen functional groups attached to an aromatic ring is 1. The van der Waals surface area contributed by atoms with Gasteiger partial charge in [0.05, 0.1) is 46.7 Å². The van der Waals surface area contributed by atoms with Crippen LogP contribution in [0.3, 0.4) is 0 Å². The van der Waals surface area contributed by atoms with Crippen molar-refractivity contribution in [2.75, 3.05) is 25.3 Å². The van der Waals surface area contributed by atoms with Crippen LogP contribution < -0.4 is 20.5 Å². The van der Waals surface area contributed by atoms with Crippen LogP contribution in [0.1, 0.15) is 26.4 Å². The SMILES string of the molecule is COc1ccc(C(=O)c2c(N)c(C(=O)Nc3cccc(Cl)c3Cl)c3ccccn23)cc1OC. The first-order valence-corrected chi connectivity index (χ1v) is 10.5. The van der Waals surface area contributed by atoms with E-state index in [1.165, 1.54) is 14.2 Å². The van der Waals surface area contributed by atoms with E-state index in [1.54, 1.807) is 65.2 Å². The molecule has 0 unspecified atom stereocenters. The van der Waals surface area contributed by atoms with Crippen LogP contribution in [0.25, 0.3) is 5.52 Å². The highest BCUT2D eigenvalue weighted by atomic mass is 35.5. The zero-order chi connectivity index (χ0) is 23.7. The number of fused-ring (bicyclic) bond motifs is 1. The Morgan fingerprint density at radius 1 is 0.970 bits per heavy atom. The first kappa shape index (κ1) is 22.5. The van der Waals surface area contributed by atoms with Gasteiger partial charge in [-0.25, -0.2) is 0 Å². The molecular formula is C24H19Cl2N3O4. The van der Waals surface area contributed by atoms with Gasteiger partial charge in [-0.3, -0.25) is 9.59 Å². The van der Waals surface area contributed by atoms with Gasteiger partial charge < -0.3 is 24.9 Å². The Kier molecular flexibility index (Phi) is 6.18. The quantitative estimate of drug-likeness (QED) is 0.361. The number of benzene rings is 2. The second-order valence-electron chi connectivity index (χ2n) is 7.05. The molecule has 4 aromatic rings. The van der Waals surface area contributed by atoms with Gasteiger partial charge >= 0.3 is 0 Å². The molecule has 0 aliphatic rings. The summed E-state index contributed by atoms with van der Waals surface area (Å²) in [4.78, 5) is 26.7. The number of ether oxygens (including phenoxy) is 2. The first-order chi connectivity index (χ1) is 15.9. The number of amides is 1. The van der Waals surface area contributed by atoms with Crippen molar-refractivity contribution in [1.29, 1.82) is 0 Å². The minimum atomic E-state index is -0.522. The van der Waals surface area contributed by atoms with Crippen LogP contribution in [0.2, 0.25) is 10.0 Å². The minimum absolute atomic E-state index is 0.0386. The maximum Gasteiger partial charge on any atom is 0.260 e. The number of ketones is 1. The molecule has 168 valence electrons. The van der Waals surface area contributed by atoms with Crippen LogP contribution >= 0.6 is 23.2 Å². The number of hydrogen-bond acceptors (Lipinski definition) is 5. The van der Waals surface area contributed by atoms with Crippen molar-refractivity contribution < 1.29 is 19.1 Å². The Balaban J connectivity index is 1.82. The molecule has 2 aromatic heterocycles. The lowest BCUT2D eigenvalue weighted by molar-refractivity contribution is 0.102. The van der Waals surface area contributed by atoms with Crippen LogP contribution in [0.4, 0.5) is 11.4 Å². The molecule has 33 heavy (non-hydrogen) atoms. The second-order valence-corrected chi connectivity index (χ2v) is 7.83. The van der Waals surface area contributed by atoms with Crippen molar-refractivity contribution in [3.05, 3.63) is 87.7 Å². The monoisotopic (exact) mass is 483 g/mol. The summed E-state index contributed by atoms with van der Waals surface area (Å²) in [5, 5.41) is 3.23. The summed E-state index contributed by atoms with van der Waals surface area (Å²) in [6.07, 6.45) is 1.67. The van der Waals surface area contributed by atoms with E-state index in [0.29, 0.717) is 33.3 Å². The van der Waals surface area contributed by atoms with E-state index in [9.17, 15) is 9.59 Å². The number of rotatable bonds is 6. The van der Waals surface area contributed by atoms with Crippen LogP contribution in [0, 0.1) is 0 Å². The highest BCUT2D eigenvalue weighted by molar-refractivity contribution is 6.44. The Labute approximate surface area is 199 Å². The highest BCUT2D eigenvalue weighted by Crippen LogP contribution is 2.34. The Bertz CT molecular complexity index is 1400. The third-order valence-corrected chi connectivity index (χ3v) is 5.99. The molecule has 9 heteroatoms. The van der Waals surface area contributed by atoms with Gasteiger partial charge in [0.2, 0.25) is 5.78 Å². The maximum absolute atomic E-state index is 13.5. The Morgan fingerprint density at radius 2 is 1.73 bits per heavy atom. The zero-order valence-electron chi connectivity index (χ0n) is 17.7. The van der Waals surface area contributed by atoms with Crippen LogP contribution in [-0.2, 0) is 0 Å². The zero-order valence-corrected chi connectivity index (χ0v) is 19.2. The van der Waals surface area contributed by atoms with Gasteiger partial charge in [-0.2, -0.15) is 0 Å². The van der Waals surface area contributed by atoms with Crippen molar-refractivity contribution in [3.63, 3.8) is 0 Å². The highest BCUT2D eigenvalue weighted by Gasteiger charge is 2.27. The van der Waals surface area contributed by atoms with E-state index in [0.717, 1.165) is 0 Å². The van der Waals surface area contributed by atoms with Gasteiger partial charge in [-0.05, 0) is 42.5 Å². The van der Waals surface area contributed by atoms with Crippen molar-refractivity contribution in [2.24, 2.45) is 0 Å². The molecule has 0 spiro atoms. The van der Waals surface area contributed by atoms with Crippen molar-refractivity contribution >= 4 is 51.8 Å². The lowest BCUT2D eigenvalue weighted by Crippen LogP contribution is -2.14. The molecule has 2 heterocycles. The van der Waals surface area contributed by atoms with E-state index in [2.05, 4.69) is 5.32 Å². The molecule has 0 radical (unpaired) electrons. The number of methoxy groups -OCH3 is 2. The third-order valence-electron chi connectivity index (χ3n) is 5.17. The molecular weight excluding hydrogens is 465 g/mol. The van der Waals surface area contributed by atoms with E-state index in [1.807, 2.05) is 0 Å². The fourth-order valence-corrected chi connectivity index (χ4v) is 3.95. The Morgan fingerprint density at radius 3 is 2.45 bits per heavy atom. The molecule has 0 atom stereocenters. The largest absolute Gasteiger partial charge is 0.493 e. The number of nitrogens with one attached hydrogen (secondary N) is 1. The molecule has 2 aromatic carbocycles. The summed E-state index contributed by atoms with van der Waals surface area (Å²) < 4.78 is 12.1. The summed E-state index contributed by atoms with van der Waals surface area (Å²) >= 11 is 12.3. The van der Waals surface area contributed by atoms with Crippen LogP contribution in [-0.4, -0.2) is 30.3 Å². The number of nitrogens with two attached hydrogens (primary N) is 1. The van der Waals surface area contributed by atoms with Crippen molar-refractivity contribution in [2.45, 2.75) is 0 Å². The second kappa shape index (κ2) is 9.05. The molecule has 7 nitrogen and oxygen atoms in total. The lowest BCUT2D eigenvalue weighted by atomic mass is 10.1. The predicted octanol–water partition coefficient (Wildman–Crippen LogP) is 5.33. The fourth-order valence-electron chi connectivity index (χ4n) is 3.60.